The normalized spacial score (nSPS) is 10.2. The predicted molar refractivity (Wildman–Crippen MR) is 75.2 cm³/mol. The second-order valence-corrected chi connectivity index (χ2v) is 5.07. The van der Waals surface area contributed by atoms with Crippen LogP contribution in [0.3, 0.4) is 0 Å². The van der Waals surface area contributed by atoms with Crippen LogP contribution in [0.1, 0.15) is 35.4 Å². The molecule has 1 heterocycles. The molecule has 6 heteroatoms. The Morgan fingerprint density at radius 3 is 2.63 bits per heavy atom. The summed E-state index contributed by atoms with van der Waals surface area (Å²) >= 11 is 1.40. The first-order valence-corrected chi connectivity index (χ1v) is 7.31. The van der Waals surface area contributed by atoms with Gasteiger partial charge in [0.2, 0.25) is 5.91 Å². The van der Waals surface area contributed by atoms with E-state index < -0.39 is 0 Å². The van der Waals surface area contributed by atoms with E-state index >= 15 is 0 Å². The lowest BCUT2D eigenvalue weighted by atomic mass is 10.2. The van der Waals surface area contributed by atoms with E-state index in [0.29, 0.717) is 37.2 Å². The van der Waals surface area contributed by atoms with Gasteiger partial charge in [-0.1, -0.05) is 6.07 Å². The van der Waals surface area contributed by atoms with Gasteiger partial charge in [0.15, 0.2) is 0 Å². The molecule has 0 unspecified atom stereocenters. The number of hydrogen-bond donors (Lipinski definition) is 3. The molecule has 0 aliphatic carbocycles. The Hall–Kier alpha value is -1.40. The molecule has 2 amide bonds. The summed E-state index contributed by atoms with van der Waals surface area (Å²) in [5.74, 6) is -0.0957. The zero-order valence-electron chi connectivity index (χ0n) is 10.9. The molecule has 0 aromatic carbocycles. The third-order valence-corrected chi connectivity index (χ3v) is 3.39. The molecule has 0 radical (unpaired) electrons. The van der Waals surface area contributed by atoms with Gasteiger partial charge in [-0.15, -0.1) is 11.3 Å². The molecular formula is C13H20N2O3S. The maximum Gasteiger partial charge on any atom is 0.261 e. The molecule has 1 aromatic heterocycles. The number of rotatable bonds is 9. The van der Waals surface area contributed by atoms with Crippen molar-refractivity contribution in [3.05, 3.63) is 22.4 Å². The minimum Gasteiger partial charge on any atom is -0.396 e. The molecule has 0 aliphatic heterocycles. The Labute approximate surface area is 117 Å². The van der Waals surface area contributed by atoms with Gasteiger partial charge in [-0.25, -0.2) is 0 Å². The molecular weight excluding hydrogens is 264 g/mol. The average molecular weight is 284 g/mol. The van der Waals surface area contributed by atoms with Crippen LogP contribution < -0.4 is 10.6 Å². The van der Waals surface area contributed by atoms with Crippen LogP contribution in [0.15, 0.2) is 17.5 Å². The Morgan fingerprint density at radius 1 is 1.16 bits per heavy atom. The highest BCUT2D eigenvalue weighted by atomic mass is 32.1. The van der Waals surface area contributed by atoms with Gasteiger partial charge in [0.1, 0.15) is 0 Å². The first kappa shape index (κ1) is 15.7. The Morgan fingerprint density at radius 2 is 1.95 bits per heavy atom. The number of thiophene rings is 1. The second kappa shape index (κ2) is 9.52. The Balaban J connectivity index is 2.01. The van der Waals surface area contributed by atoms with Gasteiger partial charge in [-0.3, -0.25) is 9.59 Å². The minimum atomic E-state index is -0.0849. The number of aliphatic hydroxyl groups excluding tert-OH is 1. The number of carbonyl (C=O) groups is 2. The van der Waals surface area contributed by atoms with Crippen molar-refractivity contribution in [3.63, 3.8) is 0 Å². The molecule has 1 aromatic rings. The Kier molecular flexibility index (Phi) is 7.84. The summed E-state index contributed by atoms with van der Waals surface area (Å²) in [6, 6.07) is 3.60. The molecule has 0 fully saturated rings. The molecule has 0 atom stereocenters. The van der Waals surface area contributed by atoms with E-state index in [1.54, 1.807) is 6.07 Å². The highest BCUT2D eigenvalue weighted by Crippen LogP contribution is 2.07. The summed E-state index contributed by atoms with van der Waals surface area (Å²) in [6.45, 7) is 1.26. The molecule has 1 rings (SSSR count). The van der Waals surface area contributed by atoms with Crippen LogP contribution in [0.25, 0.3) is 0 Å². The lowest BCUT2D eigenvalue weighted by Crippen LogP contribution is -2.27. The monoisotopic (exact) mass is 284 g/mol. The van der Waals surface area contributed by atoms with E-state index in [1.165, 1.54) is 11.3 Å². The second-order valence-electron chi connectivity index (χ2n) is 4.12. The van der Waals surface area contributed by atoms with Crippen LogP contribution in [-0.2, 0) is 4.79 Å². The van der Waals surface area contributed by atoms with Crippen molar-refractivity contribution >= 4 is 23.2 Å². The van der Waals surface area contributed by atoms with Gasteiger partial charge in [-0.05, 0) is 30.7 Å². The van der Waals surface area contributed by atoms with Crippen LogP contribution in [0.5, 0.6) is 0 Å². The SMILES string of the molecule is O=C(CCCNC(=O)c1cccs1)NCCCCO. The highest BCUT2D eigenvalue weighted by molar-refractivity contribution is 7.12. The summed E-state index contributed by atoms with van der Waals surface area (Å²) < 4.78 is 0. The highest BCUT2D eigenvalue weighted by Gasteiger charge is 2.05. The van der Waals surface area contributed by atoms with E-state index in [1.807, 2.05) is 11.4 Å². The molecule has 0 aliphatic rings. The quantitative estimate of drug-likeness (QED) is 0.595. The lowest BCUT2D eigenvalue weighted by molar-refractivity contribution is -0.121. The van der Waals surface area contributed by atoms with E-state index in [4.69, 9.17) is 5.11 Å². The molecule has 0 saturated carbocycles. The van der Waals surface area contributed by atoms with E-state index in [9.17, 15) is 9.59 Å². The summed E-state index contributed by atoms with van der Waals surface area (Å²) in [5, 5.41) is 16.0. The third-order valence-electron chi connectivity index (χ3n) is 2.52. The van der Waals surface area contributed by atoms with Crippen molar-refractivity contribution in [3.8, 4) is 0 Å². The first-order valence-electron chi connectivity index (χ1n) is 6.43. The van der Waals surface area contributed by atoms with Gasteiger partial charge in [0, 0.05) is 26.1 Å². The molecule has 0 bridgehead atoms. The maximum absolute atomic E-state index is 11.6. The van der Waals surface area contributed by atoms with Crippen molar-refractivity contribution in [1.82, 2.24) is 10.6 Å². The number of unbranched alkanes of at least 4 members (excludes halogenated alkanes) is 1. The van der Waals surface area contributed by atoms with Gasteiger partial charge < -0.3 is 15.7 Å². The smallest absolute Gasteiger partial charge is 0.261 e. The van der Waals surface area contributed by atoms with Gasteiger partial charge in [-0.2, -0.15) is 0 Å². The number of nitrogens with one attached hydrogen (secondary N) is 2. The lowest BCUT2D eigenvalue weighted by Gasteiger charge is -2.05. The van der Waals surface area contributed by atoms with Crippen LogP contribution in [0.4, 0.5) is 0 Å². The number of carbonyl (C=O) groups excluding carboxylic acids is 2. The molecule has 106 valence electrons. The fourth-order valence-corrected chi connectivity index (χ4v) is 2.14. The zero-order valence-corrected chi connectivity index (χ0v) is 11.7. The molecule has 3 N–H and O–H groups in total. The number of aliphatic hydroxyl groups is 1. The standard InChI is InChI=1S/C13H20N2O3S/c16-9-2-1-7-14-12(17)6-3-8-15-13(18)11-5-4-10-19-11/h4-5,10,16H,1-3,6-9H2,(H,14,17)(H,15,18). The van der Waals surface area contributed by atoms with Crippen molar-refractivity contribution in [1.29, 1.82) is 0 Å². The topological polar surface area (TPSA) is 78.4 Å². The minimum absolute atomic E-state index is 0.0108. The van der Waals surface area contributed by atoms with Gasteiger partial charge in [0.05, 0.1) is 4.88 Å². The van der Waals surface area contributed by atoms with E-state index in [2.05, 4.69) is 10.6 Å². The zero-order chi connectivity index (χ0) is 13.9. The third kappa shape index (κ3) is 6.93. The van der Waals surface area contributed by atoms with Crippen LogP contribution in [0.2, 0.25) is 0 Å². The van der Waals surface area contributed by atoms with Crippen molar-refractivity contribution < 1.29 is 14.7 Å². The summed E-state index contributed by atoms with van der Waals surface area (Å²) in [5.41, 5.74) is 0. The fraction of sp³-hybridized carbons (Fsp3) is 0.538. The number of hydrogen-bond acceptors (Lipinski definition) is 4. The van der Waals surface area contributed by atoms with E-state index in [0.717, 1.165) is 6.42 Å². The molecule has 0 saturated heterocycles. The van der Waals surface area contributed by atoms with Crippen LogP contribution >= 0.6 is 11.3 Å². The molecule has 5 nitrogen and oxygen atoms in total. The van der Waals surface area contributed by atoms with Crippen molar-refractivity contribution in [2.75, 3.05) is 19.7 Å². The Bertz CT molecular complexity index is 379. The van der Waals surface area contributed by atoms with Crippen molar-refractivity contribution in [2.45, 2.75) is 25.7 Å². The maximum atomic E-state index is 11.6. The largest absolute Gasteiger partial charge is 0.396 e. The summed E-state index contributed by atoms with van der Waals surface area (Å²) in [4.78, 5) is 23.7. The van der Waals surface area contributed by atoms with Gasteiger partial charge in [0.25, 0.3) is 5.91 Å². The van der Waals surface area contributed by atoms with Crippen LogP contribution in [0, 0.1) is 0 Å². The molecule has 19 heavy (non-hydrogen) atoms. The predicted octanol–water partition coefficient (Wildman–Crippen LogP) is 1.15. The summed E-state index contributed by atoms with van der Waals surface area (Å²) in [7, 11) is 0. The van der Waals surface area contributed by atoms with Gasteiger partial charge >= 0.3 is 0 Å². The van der Waals surface area contributed by atoms with E-state index in [-0.39, 0.29) is 18.4 Å². The average Bonchev–Trinajstić information content (AvgIpc) is 2.93. The van der Waals surface area contributed by atoms with Crippen LogP contribution in [-0.4, -0.2) is 36.6 Å². The first-order chi connectivity index (χ1) is 9.24. The molecule has 0 spiro atoms. The fourth-order valence-electron chi connectivity index (χ4n) is 1.50. The number of amides is 2. The van der Waals surface area contributed by atoms with Crippen molar-refractivity contribution in [2.24, 2.45) is 0 Å². The summed E-state index contributed by atoms with van der Waals surface area (Å²) in [6.07, 6.45) is 2.53.